The number of carbonyl (C=O) groups excluding carboxylic acids is 1. The predicted molar refractivity (Wildman–Crippen MR) is 62.1 cm³/mol. The van der Waals surface area contributed by atoms with Gasteiger partial charge in [-0.1, -0.05) is 23.2 Å². The topological polar surface area (TPSA) is 81.1 Å². The van der Waals surface area contributed by atoms with Crippen molar-refractivity contribution in [3.63, 3.8) is 0 Å². The van der Waals surface area contributed by atoms with Crippen molar-refractivity contribution in [3.8, 4) is 0 Å². The molecule has 16 heavy (non-hydrogen) atoms. The van der Waals surface area contributed by atoms with Crippen LogP contribution in [-0.4, -0.2) is 18.5 Å². The van der Waals surface area contributed by atoms with Gasteiger partial charge in [-0.05, 0) is 12.1 Å². The monoisotopic (exact) mass is 265 g/mol. The van der Waals surface area contributed by atoms with Gasteiger partial charge in [-0.15, -0.1) is 0 Å². The molecule has 1 amide bonds. The second-order valence-electron chi connectivity index (χ2n) is 3.14. The summed E-state index contributed by atoms with van der Waals surface area (Å²) >= 11 is 11.1. The Bertz CT molecular complexity index is 391. The van der Waals surface area contributed by atoms with Crippen LogP contribution in [0.3, 0.4) is 0 Å². The lowest BCUT2D eigenvalue weighted by Gasteiger charge is -2.11. The summed E-state index contributed by atoms with van der Waals surface area (Å²) in [4.78, 5) is 10.7. The minimum atomic E-state index is -0.831. The molecule has 0 aliphatic heterocycles. The fourth-order valence-electron chi connectivity index (χ4n) is 0.986. The third kappa shape index (κ3) is 3.23. The van der Waals surface area contributed by atoms with E-state index in [1.54, 1.807) is 0 Å². The first-order chi connectivity index (χ1) is 7.41. The zero-order valence-electron chi connectivity index (χ0n) is 8.14. The zero-order chi connectivity index (χ0) is 12.3. The lowest BCUT2D eigenvalue weighted by Crippen LogP contribution is -2.41. The molecular formula is C9H10Cl2FN3O. The summed E-state index contributed by atoms with van der Waals surface area (Å²) in [6.07, 6.45) is 0. The molecule has 0 saturated carbocycles. The van der Waals surface area contributed by atoms with Crippen LogP contribution in [0, 0.1) is 5.82 Å². The minimum absolute atomic E-state index is 0.109. The molecule has 0 bridgehead atoms. The Morgan fingerprint density at radius 3 is 2.38 bits per heavy atom. The molecule has 88 valence electrons. The Kier molecular flexibility index (Phi) is 4.35. The Labute approximate surface area is 102 Å². The number of hydrogen-bond acceptors (Lipinski definition) is 3. The lowest BCUT2D eigenvalue weighted by atomic mass is 10.2. The van der Waals surface area contributed by atoms with Gasteiger partial charge in [0.15, 0.2) is 5.82 Å². The highest BCUT2D eigenvalue weighted by atomic mass is 35.5. The van der Waals surface area contributed by atoms with Crippen LogP contribution in [-0.2, 0) is 4.79 Å². The number of halogens is 3. The van der Waals surface area contributed by atoms with E-state index in [0.29, 0.717) is 5.69 Å². The summed E-state index contributed by atoms with van der Waals surface area (Å²) in [6.45, 7) is 0.119. The van der Waals surface area contributed by atoms with E-state index in [1.807, 2.05) is 0 Å². The summed E-state index contributed by atoms with van der Waals surface area (Å²) in [5.74, 6) is -1.32. The van der Waals surface area contributed by atoms with Crippen LogP contribution >= 0.6 is 23.2 Å². The molecule has 4 nitrogen and oxygen atoms in total. The van der Waals surface area contributed by atoms with Crippen LogP contribution in [0.25, 0.3) is 0 Å². The standard InChI is InChI=1S/C9H10Cl2FN3O/c10-5-1-4(2-6(11)8(5)12)15-3-7(13)9(14)16/h1-2,7,15H,3,13H2,(H2,14,16). The first-order valence-corrected chi connectivity index (χ1v) is 5.10. The number of benzene rings is 1. The normalized spacial score (nSPS) is 12.2. The quantitative estimate of drug-likeness (QED) is 0.719. The maximum Gasteiger partial charge on any atom is 0.236 e. The van der Waals surface area contributed by atoms with Gasteiger partial charge in [0.05, 0.1) is 10.0 Å². The molecule has 0 saturated heterocycles. The average Bonchev–Trinajstić information content (AvgIpc) is 2.22. The van der Waals surface area contributed by atoms with Gasteiger partial charge in [0.1, 0.15) is 6.04 Å². The van der Waals surface area contributed by atoms with E-state index in [9.17, 15) is 9.18 Å². The number of hydrogen-bond donors (Lipinski definition) is 3. The number of nitrogens with one attached hydrogen (secondary N) is 1. The van der Waals surface area contributed by atoms with Gasteiger partial charge in [-0.3, -0.25) is 4.79 Å². The number of amides is 1. The predicted octanol–water partition coefficient (Wildman–Crippen LogP) is 1.36. The van der Waals surface area contributed by atoms with Crippen molar-refractivity contribution in [1.29, 1.82) is 0 Å². The van der Waals surface area contributed by atoms with Crippen LogP contribution in [0.1, 0.15) is 0 Å². The van der Waals surface area contributed by atoms with E-state index in [-0.39, 0.29) is 16.6 Å². The highest BCUT2D eigenvalue weighted by Crippen LogP contribution is 2.27. The Morgan fingerprint density at radius 1 is 1.44 bits per heavy atom. The summed E-state index contributed by atoms with van der Waals surface area (Å²) in [5, 5.41) is 2.56. The van der Waals surface area contributed by atoms with Crippen molar-refractivity contribution in [2.24, 2.45) is 11.5 Å². The fourth-order valence-corrected chi connectivity index (χ4v) is 1.47. The number of anilines is 1. The molecule has 0 radical (unpaired) electrons. The van der Waals surface area contributed by atoms with Gasteiger partial charge in [-0.2, -0.15) is 0 Å². The number of rotatable bonds is 4. The van der Waals surface area contributed by atoms with Crippen molar-refractivity contribution in [3.05, 3.63) is 28.0 Å². The average molecular weight is 266 g/mol. The molecular weight excluding hydrogens is 256 g/mol. The molecule has 1 aromatic carbocycles. The Morgan fingerprint density at radius 2 is 1.94 bits per heavy atom. The van der Waals surface area contributed by atoms with Crippen molar-refractivity contribution >= 4 is 34.8 Å². The second kappa shape index (κ2) is 5.34. The lowest BCUT2D eigenvalue weighted by molar-refractivity contribution is -0.118. The van der Waals surface area contributed by atoms with E-state index >= 15 is 0 Å². The molecule has 1 atom stereocenters. The second-order valence-corrected chi connectivity index (χ2v) is 3.96. The van der Waals surface area contributed by atoms with E-state index < -0.39 is 17.8 Å². The van der Waals surface area contributed by atoms with Crippen LogP contribution in [0.5, 0.6) is 0 Å². The third-order valence-electron chi connectivity index (χ3n) is 1.88. The van der Waals surface area contributed by atoms with Gasteiger partial charge in [-0.25, -0.2) is 4.39 Å². The Hall–Kier alpha value is -1.04. The van der Waals surface area contributed by atoms with Gasteiger partial charge >= 0.3 is 0 Å². The largest absolute Gasteiger partial charge is 0.383 e. The molecule has 7 heteroatoms. The van der Waals surface area contributed by atoms with E-state index in [0.717, 1.165) is 0 Å². The van der Waals surface area contributed by atoms with Crippen LogP contribution < -0.4 is 16.8 Å². The fraction of sp³-hybridized carbons (Fsp3) is 0.222. The molecule has 0 aromatic heterocycles. The maximum absolute atomic E-state index is 13.0. The zero-order valence-corrected chi connectivity index (χ0v) is 9.65. The van der Waals surface area contributed by atoms with Crippen molar-refractivity contribution in [2.75, 3.05) is 11.9 Å². The first-order valence-electron chi connectivity index (χ1n) is 4.35. The molecule has 5 N–H and O–H groups in total. The molecule has 0 spiro atoms. The smallest absolute Gasteiger partial charge is 0.236 e. The summed E-state index contributed by atoms with van der Waals surface area (Å²) in [5.41, 5.74) is 10.8. The summed E-state index contributed by atoms with van der Waals surface area (Å²) < 4.78 is 13.0. The minimum Gasteiger partial charge on any atom is -0.383 e. The maximum atomic E-state index is 13.0. The molecule has 1 rings (SSSR count). The van der Waals surface area contributed by atoms with E-state index in [2.05, 4.69) is 5.32 Å². The van der Waals surface area contributed by atoms with Gasteiger partial charge in [0, 0.05) is 12.2 Å². The third-order valence-corrected chi connectivity index (χ3v) is 2.43. The van der Waals surface area contributed by atoms with Crippen LogP contribution in [0.15, 0.2) is 12.1 Å². The van der Waals surface area contributed by atoms with Crippen LogP contribution in [0.2, 0.25) is 10.0 Å². The van der Waals surface area contributed by atoms with Crippen molar-refractivity contribution < 1.29 is 9.18 Å². The summed E-state index contributed by atoms with van der Waals surface area (Å²) in [7, 11) is 0. The van der Waals surface area contributed by atoms with Crippen LogP contribution in [0.4, 0.5) is 10.1 Å². The van der Waals surface area contributed by atoms with Gasteiger partial charge in [0.25, 0.3) is 0 Å². The highest BCUT2D eigenvalue weighted by molar-refractivity contribution is 6.35. The van der Waals surface area contributed by atoms with Gasteiger partial charge < -0.3 is 16.8 Å². The molecule has 0 aliphatic carbocycles. The SMILES string of the molecule is NC(=O)C(N)CNc1cc(Cl)c(F)c(Cl)c1. The van der Waals surface area contributed by atoms with Crippen molar-refractivity contribution in [1.82, 2.24) is 0 Å². The summed E-state index contributed by atoms with van der Waals surface area (Å²) in [6, 6.07) is 1.86. The molecule has 1 unspecified atom stereocenters. The molecule has 1 aromatic rings. The van der Waals surface area contributed by atoms with Gasteiger partial charge in [0.2, 0.25) is 5.91 Å². The highest BCUT2D eigenvalue weighted by Gasteiger charge is 2.11. The Balaban J connectivity index is 2.72. The number of primary amides is 1. The van der Waals surface area contributed by atoms with E-state index in [4.69, 9.17) is 34.7 Å². The number of carbonyl (C=O) groups is 1. The van der Waals surface area contributed by atoms with Crippen molar-refractivity contribution in [2.45, 2.75) is 6.04 Å². The molecule has 0 heterocycles. The van der Waals surface area contributed by atoms with E-state index in [1.165, 1.54) is 12.1 Å². The number of nitrogens with two attached hydrogens (primary N) is 2. The molecule has 0 aliphatic rings. The first kappa shape index (κ1) is 13.0. The molecule has 0 fully saturated rings.